The maximum absolute atomic E-state index is 13.6. The fourth-order valence-electron chi connectivity index (χ4n) is 1.57. The van der Waals surface area contributed by atoms with Crippen LogP contribution in [0.4, 0.5) is 79.0 Å². The third-order valence-electron chi connectivity index (χ3n) is 3.02. The van der Waals surface area contributed by atoms with Gasteiger partial charge in [0.2, 0.25) is 0 Å². The molecule has 1 rings (SSSR count). The molecule has 21 heteroatoms. The van der Waals surface area contributed by atoms with Crippen LogP contribution in [0.2, 0.25) is 0 Å². The Morgan fingerprint density at radius 2 is 0.467 bits per heavy atom. The molecule has 0 aliphatic carbocycles. The Bertz CT molecular complexity index is 573. The maximum atomic E-state index is 13.6. The van der Waals surface area contributed by atoms with E-state index in [1.165, 1.54) is 14.2 Å². The Labute approximate surface area is 149 Å². The largest absolute Gasteiger partial charge is 0.458 e. The van der Waals surface area contributed by atoms with Crippen LogP contribution in [-0.2, 0) is 14.2 Å². The zero-order chi connectivity index (χ0) is 24.6. The van der Waals surface area contributed by atoms with Gasteiger partial charge in [0.1, 0.15) is 0 Å². The molecule has 0 aromatic heterocycles. The molecule has 0 bridgehead atoms. The van der Waals surface area contributed by atoms with Crippen molar-refractivity contribution in [3.63, 3.8) is 0 Å². The summed E-state index contributed by atoms with van der Waals surface area (Å²) in [4.78, 5) is 0. The summed E-state index contributed by atoms with van der Waals surface area (Å²) >= 11 is 0. The van der Waals surface area contributed by atoms with Gasteiger partial charge in [-0.25, -0.2) is 0 Å². The van der Waals surface area contributed by atoms with E-state index in [1.54, 1.807) is 0 Å². The third kappa shape index (κ3) is 3.50. The van der Waals surface area contributed by atoms with E-state index in [9.17, 15) is 79.0 Å². The minimum absolute atomic E-state index is 1.38. The second kappa shape index (κ2) is 6.33. The van der Waals surface area contributed by atoms with Gasteiger partial charge >= 0.3 is 54.4 Å². The van der Waals surface area contributed by atoms with Crippen molar-refractivity contribution in [2.45, 2.75) is 54.4 Å². The number of alkyl halides is 18. The van der Waals surface area contributed by atoms with Gasteiger partial charge in [0.25, 0.3) is 0 Å². The van der Waals surface area contributed by atoms with Crippen LogP contribution in [0, 0.1) is 0 Å². The zero-order valence-corrected chi connectivity index (χ0v) is 12.5. The van der Waals surface area contributed by atoms with Gasteiger partial charge in [-0.15, -0.1) is 0 Å². The van der Waals surface area contributed by atoms with E-state index in [0.29, 0.717) is 0 Å². The Hall–Kier alpha value is -1.38. The molecule has 1 saturated heterocycles. The second-order valence-electron chi connectivity index (χ2n) is 5.14. The van der Waals surface area contributed by atoms with E-state index in [2.05, 4.69) is 0 Å². The van der Waals surface area contributed by atoms with Gasteiger partial charge in [0.15, 0.2) is 0 Å². The first-order chi connectivity index (χ1) is 12.6. The van der Waals surface area contributed by atoms with Crippen LogP contribution >= 0.6 is 0 Å². The standard InChI is InChI=1S/C9F18O3/c10-1(4(13,14)15)7(22,23)29-3(12,6(19,20)21)9(26,27)30-2(11,5(16,17)18)8(24,25)28-1/t1-,2-,3+/m1/s1. The van der Waals surface area contributed by atoms with Crippen molar-refractivity contribution in [2.75, 3.05) is 0 Å². The predicted molar refractivity (Wildman–Crippen MR) is 47.8 cm³/mol. The molecular weight excluding hydrogens is 498 g/mol. The number of ether oxygens (including phenoxy) is 3. The highest BCUT2D eigenvalue weighted by atomic mass is 19.4. The summed E-state index contributed by atoms with van der Waals surface area (Å²) < 4.78 is 237. The Morgan fingerprint density at radius 1 is 0.333 bits per heavy atom. The van der Waals surface area contributed by atoms with Gasteiger partial charge in [-0.1, -0.05) is 0 Å². The lowest BCUT2D eigenvalue weighted by atomic mass is 10.2. The molecule has 0 aromatic carbocycles. The van der Waals surface area contributed by atoms with Crippen molar-refractivity contribution in [3.8, 4) is 0 Å². The Balaban J connectivity index is 4.11. The van der Waals surface area contributed by atoms with Crippen molar-refractivity contribution < 1.29 is 93.2 Å². The average molecular weight is 498 g/mol. The van der Waals surface area contributed by atoms with Crippen LogP contribution in [0.25, 0.3) is 0 Å². The fourth-order valence-corrected chi connectivity index (χ4v) is 1.57. The van der Waals surface area contributed by atoms with Gasteiger partial charge in [-0.2, -0.15) is 79.0 Å². The van der Waals surface area contributed by atoms with Gasteiger partial charge in [0.05, 0.1) is 0 Å². The van der Waals surface area contributed by atoms with Crippen molar-refractivity contribution in [2.24, 2.45) is 0 Å². The molecule has 0 aromatic rings. The van der Waals surface area contributed by atoms with E-state index >= 15 is 0 Å². The van der Waals surface area contributed by atoms with E-state index in [4.69, 9.17) is 0 Å². The predicted octanol–water partition coefficient (Wildman–Crippen LogP) is 5.51. The topological polar surface area (TPSA) is 27.7 Å². The third-order valence-corrected chi connectivity index (χ3v) is 3.02. The van der Waals surface area contributed by atoms with Crippen LogP contribution in [-0.4, -0.2) is 54.4 Å². The smallest absolute Gasteiger partial charge is 0.263 e. The highest BCUT2D eigenvalue weighted by Gasteiger charge is 2.91. The van der Waals surface area contributed by atoms with Crippen LogP contribution in [0.5, 0.6) is 0 Å². The van der Waals surface area contributed by atoms with Crippen molar-refractivity contribution in [3.05, 3.63) is 0 Å². The van der Waals surface area contributed by atoms with E-state index < -0.39 is 54.4 Å². The van der Waals surface area contributed by atoms with Gasteiger partial charge in [-0.3, -0.25) is 14.2 Å². The summed E-state index contributed by atoms with van der Waals surface area (Å²) in [5.41, 5.74) is 0. The minimum atomic E-state index is -7.97. The molecule has 1 fully saturated rings. The van der Waals surface area contributed by atoms with Crippen LogP contribution in [0.1, 0.15) is 0 Å². The molecule has 0 radical (unpaired) electrons. The molecule has 0 unspecified atom stereocenters. The molecule has 0 N–H and O–H groups in total. The lowest BCUT2D eigenvalue weighted by Crippen LogP contribution is -2.66. The van der Waals surface area contributed by atoms with Crippen molar-refractivity contribution in [1.29, 1.82) is 0 Å². The van der Waals surface area contributed by atoms with E-state index in [1.807, 2.05) is 0 Å². The highest BCUT2D eigenvalue weighted by molar-refractivity contribution is 5.00. The molecule has 3 nitrogen and oxygen atoms in total. The Kier molecular flexibility index (Phi) is 5.62. The Morgan fingerprint density at radius 3 is 0.567 bits per heavy atom. The molecule has 0 amide bonds. The highest BCUT2D eigenvalue weighted by Crippen LogP contribution is 2.62. The van der Waals surface area contributed by atoms with E-state index in [0.717, 1.165) is 0 Å². The number of rotatable bonds is 0. The number of hydrogen-bond acceptors (Lipinski definition) is 3. The monoisotopic (exact) mass is 498 g/mol. The molecule has 1 aliphatic rings. The normalized spacial score (nSPS) is 37.8. The zero-order valence-electron chi connectivity index (χ0n) is 12.5. The lowest BCUT2D eigenvalue weighted by molar-refractivity contribution is -0.543. The fraction of sp³-hybridized carbons (Fsp3) is 1.00. The molecule has 180 valence electrons. The molecule has 30 heavy (non-hydrogen) atoms. The molecule has 1 heterocycles. The summed E-state index contributed by atoms with van der Waals surface area (Å²) in [6.45, 7) is 0. The number of hydrogen-bond donors (Lipinski definition) is 0. The first-order valence-corrected chi connectivity index (χ1v) is 6.13. The number of halogens is 18. The molecule has 3 atom stereocenters. The van der Waals surface area contributed by atoms with Crippen LogP contribution in [0.3, 0.4) is 0 Å². The lowest BCUT2D eigenvalue weighted by Gasteiger charge is -2.38. The first-order valence-electron chi connectivity index (χ1n) is 6.13. The maximum Gasteiger partial charge on any atom is 0.458 e. The molecule has 1 aliphatic heterocycles. The summed E-state index contributed by atoms with van der Waals surface area (Å²) in [5.74, 6) is -23.9. The average Bonchev–Trinajstić information content (AvgIpc) is 2.41. The molecular formula is C9F18O3. The first kappa shape index (κ1) is 26.7. The van der Waals surface area contributed by atoms with E-state index in [-0.39, 0.29) is 0 Å². The van der Waals surface area contributed by atoms with Crippen LogP contribution < -0.4 is 0 Å². The van der Waals surface area contributed by atoms with Crippen LogP contribution in [0.15, 0.2) is 0 Å². The summed E-state index contributed by atoms with van der Waals surface area (Å²) in [6.07, 6.45) is -47.5. The molecule has 0 spiro atoms. The summed E-state index contributed by atoms with van der Waals surface area (Å²) in [6, 6.07) is 0. The van der Waals surface area contributed by atoms with Crippen molar-refractivity contribution >= 4 is 0 Å². The minimum Gasteiger partial charge on any atom is -0.263 e. The summed E-state index contributed by atoms with van der Waals surface area (Å²) in [7, 11) is 0. The van der Waals surface area contributed by atoms with Gasteiger partial charge in [0, 0.05) is 0 Å². The second-order valence-corrected chi connectivity index (χ2v) is 5.14. The SMILES string of the molecule is FC(F)(F)[C@]1(F)OC(F)(F)[C@@](F)(C(F)(F)F)OC(F)(F)[C@@](F)(C(F)(F)F)OC1(F)F. The molecule has 0 saturated carbocycles. The van der Waals surface area contributed by atoms with Crippen molar-refractivity contribution in [1.82, 2.24) is 0 Å². The summed E-state index contributed by atoms with van der Waals surface area (Å²) in [5, 5.41) is 0. The quantitative estimate of drug-likeness (QED) is 0.413. The van der Waals surface area contributed by atoms with Gasteiger partial charge in [-0.05, 0) is 0 Å². The van der Waals surface area contributed by atoms with Gasteiger partial charge < -0.3 is 0 Å².